The van der Waals surface area contributed by atoms with Crippen molar-refractivity contribution in [3.05, 3.63) is 29.7 Å². The second-order valence-electron chi connectivity index (χ2n) is 5.51. The Hall–Kier alpha value is -1.84. The molecule has 0 unspecified atom stereocenters. The molecule has 1 fully saturated rings. The molecular formula is C16H20N2O2. The van der Waals surface area contributed by atoms with E-state index in [1.807, 2.05) is 30.0 Å². The molecule has 20 heavy (non-hydrogen) atoms. The van der Waals surface area contributed by atoms with Gasteiger partial charge in [-0.2, -0.15) is 0 Å². The highest BCUT2D eigenvalue weighted by atomic mass is 16.3. The van der Waals surface area contributed by atoms with Crippen LogP contribution in [0.2, 0.25) is 0 Å². The highest BCUT2D eigenvalue weighted by Crippen LogP contribution is 2.18. The minimum absolute atomic E-state index is 0.228. The van der Waals surface area contributed by atoms with Crippen LogP contribution in [0.1, 0.15) is 37.1 Å². The number of aromatic nitrogens is 1. The number of benzene rings is 1. The molecule has 2 heterocycles. The summed E-state index contributed by atoms with van der Waals surface area (Å²) in [6.07, 6.45) is 5.21. The number of fused-ring (bicyclic) bond motifs is 1. The number of amides is 1. The second-order valence-corrected chi connectivity index (χ2v) is 5.51. The van der Waals surface area contributed by atoms with Crippen LogP contribution in [0, 0.1) is 6.92 Å². The first-order chi connectivity index (χ1) is 9.72. The molecule has 4 heteroatoms. The van der Waals surface area contributed by atoms with Gasteiger partial charge in [0.05, 0.1) is 6.42 Å². The van der Waals surface area contributed by atoms with E-state index in [1.165, 1.54) is 12.8 Å². The van der Waals surface area contributed by atoms with Gasteiger partial charge in [0.15, 0.2) is 11.5 Å². The number of nitrogens with zero attached hydrogens (tertiary/aromatic N) is 2. The first kappa shape index (κ1) is 13.2. The maximum atomic E-state index is 12.3. The van der Waals surface area contributed by atoms with Gasteiger partial charge in [0.2, 0.25) is 5.91 Å². The van der Waals surface area contributed by atoms with Crippen LogP contribution in [0.3, 0.4) is 0 Å². The third-order valence-electron chi connectivity index (χ3n) is 3.87. The molecule has 106 valence electrons. The standard InChI is InChI=1S/C16H20N2O2/c1-12-17-14-10-13(6-7-15(14)20-12)11-16(19)18-8-4-2-3-5-9-18/h6-7,10H,2-5,8-9,11H2,1H3. The molecule has 1 amide bonds. The fraction of sp³-hybridized carbons (Fsp3) is 0.500. The third kappa shape index (κ3) is 2.84. The minimum Gasteiger partial charge on any atom is -0.441 e. The summed E-state index contributed by atoms with van der Waals surface area (Å²) in [5, 5.41) is 0. The van der Waals surface area contributed by atoms with Gasteiger partial charge < -0.3 is 9.32 Å². The van der Waals surface area contributed by atoms with Crippen molar-refractivity contribution in [1.29, 1.82) is 0 Å². The van der Waals surface area contributed by atoms with Gasteiger partial charge in [-0.1, -0.05) is 18.9 Å². The van der Waals surface area contributed by atoms with Crippen molar-refractivity contribution in [2.24, 2.45) is 0 Å². The molecule has 1 aliphatic rings. The van der Waals surface area contributed by atoms with E-state index in [9.17, 15) is 4.79 Å². The van der Waals surface area contributed by atoms with Gasteiger partial charge >= 0.3 is 0 Å². The molecule has 4 nitrogen and oxygen atoms in total. The van der Waals surface area contributed by atoms with Crippen LogP contribution < -0.4 is 0 Å². The molecule has 0 saturated carbocycles. The average molecular weight is 272 g/mol. The van der Waals surface area contributed by atoms with Gasteiger partial charge in [-0.15, -0.1) is 0 Å². The molecule has 1 aliphatic heterocycles. The maximum absolute atomic E-state index is 12.3. The van der Waals surface area contributed by atoms with Gasteiger partial charge in [0.25, 0.3) is 0 Å². The molecular weight excluding hydrogens is 252 g/mol. The summed E-state index contributed by atoms with van der Waals surface area (Å²) in [6.45, 7) is 3.65. The number of carbonyl (C=O) groups is 1. The molecule has 1 aromatic heterocycles. The molecule has 0 radical (unpaired) electrons. The number of oxazole rings is 1. The van der Waals surface area contributed by atoms with Crippen molar-refractivity contribution in [3.63, 3.8) is 0 Å². The molecule has 0 aliphatic carbocycles. The SMILES string of the molecule is Cc1nc2cc(CC(=O)N3CCCCCC3)ccc2o1. The number of hydrogen-bond acceptors (Lipinski definition) is 3. The van der Waals surface area contributed by atoms with E-state index in [-0.39, 0.29) is 5.91 Å². The van der Waals surface area contributed by atoms with Crippen LogP contribution in [0.4, 0.5) is 0 Å². The Kier molecular flexibility index (Phi) is 3.72. The van der Waals surface area contributed by atoms with Crippen molar-refractivity contribution in [1.82, 2.24) is 9.88 Å². The number of carbonyl (C=O) groups excluding carboxylic acids is 1. The predicted octanol–water partition coefficient (Wildman–Crippen LogP) is 3.08. The predicted molar refractivity (Wildman–Crippen MR) is 77.5 cm³/mol. The summed E-state index contributed by atoms with van der Waals surface area (Å²) >= 11 is 0. The average Bonchev–Trinajstić information content (AvgIpc) is 2.64. The summed E-state index contributed by atoms with van der Waals surface area (Å²) in [4.78, 5) is 18.7. The summed E-state index contributed by atoms with van der Waals surface area (Å²) in [5.41, 5.74) is 2.64. The van der Waals surface area contributed by atoms with E-state index < -0.39 is 0 Å². The number of likely N-dealkylation sites (tertiary alicyclic amines) is 1. The normalized spacial score (nSPS) is 16.4. The monoisotopic (exact) mass is 272 g/mol. The summed E-state index contributed by atoms with van der Waals surface area (Å²) in [6, 6.07) is 5.82. The largest absolute Gasteiger partial charge is 0.441 e. The summed E-state index contributed by atoms with van der Waals surface area (Å²) in [5.74, 6) is 0.891. The molecule has 0 spiro atoms. The van der Waals surface area contributed by atoms with Crippen LogP contribution in [0.5, 0.6) is 0 Å². The quantitative estimate of drug-likeness (QED) is 0.844. The van der Waals surface area contributed by atoms with E-state index >= 15 is 0 Å². The fourth-order valence-corrected chi connectivity index (χ4v) is 2.80. The van der Waals surface area contributed by atoms with Crippen molar-refractivity contribution >= 4 is 17.0 Å². The zero-order valence-electron chi connectivity index (χ0n) is 11.9. The van der Waals surface area contributed by atoms with Gasteiger partial charge in [-0.05, 0) is 30.5 Å². The Morgan fingerprint density at radius 3 is 2.75 bits per heavy atom. The molecule has 2 aromatic rings. The van der Waals surface area contributed by atoms with E-state index in [2.05, 4.69) is 4.98 Å². The Balaban J connectivity index is 1.72. The van der Waals surface area contributed by atoms with Crippen LogP contribution in [-0.2, 0) is 11.2 Å². The van der Waals surface area contributed by atoms with Crippen molar-refractivity contribution < 1.29 is 9.21 Å². The lowest BCUT2D eigenvalue weighted by Gasteiger charge is -2.20. The number of hydrogen-bond donors (Lipinski definition) is 0. The fourth-order valence-electron chi connectivity index (χ4n) is 2.80. The van der Waals surface area contributed by atoms with Crippen LogP contribution >= 0.6 is 0 Å². The molecule has 3 rings (SSSR count). The highest BCUT2D eigenvalue weighted by molar-refractivity contribution is 5.81. The van der Waals surface area contributed by atoms with Crippen LogP contribution in [0.25, 0.3) is 11.1 Å². The van der Waals surface area contributed by atoms with Crippen LogP contribution in [-0.4, -0.2) is 28.9 Å². The van der Waals surface area contributed by atoms with E-state index in [0.717, 1.165) is 42.6 Å². The van der Waals surface area contributed by atoms with Gasteiger partial charge in [-0.3, -0.25) is 4.79 Å². The lowest BCUT2D eigenvalue weighted by Crippen LogP contribution is -2.33. The Labute approximate surface area is 118 Å². The van der Waals surface area contributed by atoms with Gasteiger partial charge in [-0.25, -0.2) is 4.98 Å². The number of rotatable bonds is 2. The number of aryl methyl sites for hydroxylation is 1. The van der Waals surface area contributed by atoms with Gasteiger partial charge in [0, 0.05) is 20.0 Å². The summed E-state index contributed by atoms with van der Waals surface area (Å²) < 4.78 is 5.45. The zero-order chi connectivity index (χ0) is 13.9. The van der Waals surface area contributed by atoms with Gasteiger partial charge in [0.1, 0.15) is 5.52 Å². The smallest absolute Gasteiger partial charge is 0.226 e. The molecule has 0 atom stereocenters. The Morgan fingerprint density at radius 2 is 2.00 bits per heavy atom. The second kappa shape index (κ2) is 5.65. The van der Waals surface area contributed by atoms with E-state index in [4.69, 9.17) is 4.42 Å². The van der Waals surface area contributed by atoms with Crippen molar-refractivity contribution in [2.45, 2.75) is 39.0 Å². The summed E-state index contributed by atoms with van der Waals surface area (Å²) in [7, 11) is 0. The maximum Gasteiger partial charge on any atom is 0.226 e. The van der Waals surface area contributed by atoms with Crippen LogP contribution in [0.15, 0.2) is 22.6 Å². The topological polar surface area (TPSA) is 46.3 Å². The lowest BCUT2D eigenvalue weighted by atomic mass is 10.1. The van der Waals surface area contributed by atoms with E-state index in [0.29, 0.717) is 12.3 Å². The molecule has 0 N–H and O–H groups in total. The zero-order valence-corrected chi connectivity index (χ0v) is 11.9. The Morgan fingerprint density at radius 1 is 1.25 bits per heavy atom. The first-order valence-corrected chi connectivity index (χ1v) is 7.36. The first-order valence-electron chi connectivity index (χ1n) is 7.36. The van der Waals surface area contributed by atoms with Crippen molar-refractivity contribution in [2.75, 3.05) is 13.1 Å². The lowest BCUT2D eigenvalue weighted by molar-refractivity contribution is -0.130. The molecule has 0 bridgehead atoms. The Bertz CT molecular complexity index is 610. The minimum atomic E-state index is 0.228. The highest BCUT2D eigenvalue weighted by Gasteiger charge is 2.16. The van der Waals surface area contributed by atoms with E-state index in [1.54, 1.807) is 0 Å². The van der Waals surface area contributed by atoms with Crippen molar-refractivity contribution in [3.8, 4) is 0 Å². The molecule has 1 aromatic carbocycles. The third-order valence-corrected chi connectivity index (χ3v) is 3.87. The molecule has 1 saturated heterocycles.